The molecule has 1 aliphatic carbocycles. The summed E-state index contributed by atoms with van der Waals surface area (Å²) in [5, 5.41) is 0. The minimum atomic E-state index is 0.417. The van der Waals surface area contributed by atoms with E-state index in [1.165, 1.54) is 32.1 Å². The minimum Gasteiger partial charge on any atom is -0.462 e. The highest BCUT2D eigenvalue weighted by atomic mass is 16.5. The normalized spacial score (nSPS) is 25.1. The summed E-state index contributed by atoms with van der Waals surface area (Å²) in [4.78, 5) is 0. The van der Waals surface area contributed by atoms with E-state index in [9.17, 15) is 0 Å². The van der Waals surface area contributed by atoms with E-state index in [0.29, 0.717) is 19.3 Å². The Labute approximate surface area is 103 Å². The van der Waals surface area contributed by atoms with Gasteiger partial charge in [0.05, 0.1) is 12.6 Å². The van der Waals surface area contributed by atoms with Crippen LogP contribution < -0.4 is 5.73 Å². The summed E-state index contributed by atoms with van der Waals surface area (Å²) in [5.41, 5.74) is 5.50. The second-order valence-electron chi connectivity index (χ2n) is 4.95. The molecule has 0 aliphatic heterocycles. The molecule has 3 heteroatoms. The zero-order valence-corrected chi connectivity index (χ0v) is 10.7. The molecule has 2 N–H and O–H groups in total. The zero-order chi connectivity index (χ0) is 12.1. The molecule has 0 radical (unpaired) electrons. The number of hydrogen-bond donors (Lipinski definition) is 1. The molecule has 0 saturated heterocycles. The summed E-state index contributed by atoms with van der Waals surface area (Å²) < 4.78 is 11.5. The molecule has 1 fully saturated rings. The fourth-order valence-corrected chi connectivity index (χ4v) is 2.57. The SMILES string of the molecule is CCC1CCCC(OCc2ccc(CN)o2)C1. The molecule has 0 amide bonds. The van der Waals surface area contributed by atoms with Gasteiger partial charge in [0.1, 0.15) is 18.1 Å². The van der Waals surface area contributed by atoms with Crippen molar-refractivity contribution in [2.45, 2.75) is 58.3 Å². The molecule has 1 aliphatic rings. The zero-order valence-electron chi connectivity index (χ0n) is 10.7. The van der Waals surface area contributed by atoms with Crippen LogP contribution in [0.15, 0.2) is 16.5 Å². The largest absolute Gasteiger partial charge is 0.462 e. The standard InChI is InChI=1S/C14H23NO2/c1-2-11-4-3-5-12(8-11)16-10-14-7-6-13(9-15)17-14/h6-7,11-12H,2-5,8-10,15H2,1H3. The van der Waals surface area contributed by atoms with E-state index in [1.54, 1.807) is 0 Å². The number of ether oxygens (including phenoxy) is 1. The van der Waals surface area contributed by atoms with Gasteiger partial charge in [-0.2, -0.15) is 0 Å². The van der Waals surface area contributed by atoms with E-state index in [0.717, 1.165) is 17.4 Å². The number of rotatable bonds is 5. The monoisotopic (exact) mass is 237 g/mol. The molecule has 0 aromatic carbocycles. The summed E-state index contributed by atoms with van der Waals surface area (Å²) >= 11 is 0. The Morgan fingerprint density at radius 2 is 2.18 bits per heavy atom. The number of nitrogens with two attached hydrogens (primary N) is 1. The molecule has 17 heavy (non-hydrogen) atoms. The van der Waals surface area contributed by atoms with Crippen molar-refractivity contribution in [1.29, 1.82) is 0 Å². The fourth-order valence-electron chi connectivity index (χ4n) is 2.57. The molecule has 1 aromatic heterocycles. The third-order valence-electron chi connectivity index (χ3n) is 3.69. The quantitative estimate of drug-likeness (QED) is 0.855. The van der Waals surface area contributed by atoms with Crippen molar-refractivity contribution >= 4 is 0 Å². The van der Waals surface area contributed by atoms with Crippen LogP contribution in [0.2, 0.25) is 0 Å². The molecule has 1 heterocycles. The summed E-state index contributed by atoms with van der Waals surface area (Å²) in [6, 6.07) is 3.89. The van der Waals surface area contributed by atoms with Gasteiger partial charge in [-0.25, -0.2) is 0 Å². The highest BCUT2D eigenvalue weighted by molar-refractivity contribution is 5.05. The average Bonchev–Trinajstić information content (AvgIpc) is 2.84. The van der Waals surface area contributed by atoms with Crippen LogP contribution in [0.3, 0.4) is 0 Å². The van der Waals surface area contributed by atoms with Crippen molar-refractivity contribution in [3.8, 4) is 0 Å². The van der Waals surface area contributed by atoms with Gasteiger partial charge in [-0.05, 0) is 30.9 Å². The first-order valence-electron chi connectivity index (χ1n) is 6.71. The maximum absolute atomic E-state index is 5.92. The average molecular weight is 237 g/mol. The molecule has 1 saturated carbocycles. The molecule has 1 aromatic rings. The van der Waals surface area contributed by atoms with E-state index < -0.39 is 0 Å². The Hall–Kier alpha value is -0.800. The van der Waals surface area contributed by atoms with Crippen molar-refractivity contribution in [3.63, 3.8) is 0 Å². The molecular formula is C14H23NO2. The van der Waals surface area contributed by atoms with E-state index in [2.05, 4.69) is 6.92 Å². The van der Waals surface area contributed by atoms with Crippen molar-refractivity contribution in [2.24, 2.45) is 11.7 Å². The van der Waals surface area contributed by atoms with Gasteiger partial charge in [-0.15, -0.1) is 0 Å². The Morgan fingerprint density at radius 3 is 2.88 bits per heavy atom. The lowest BCUT2D eigenvalue weighted by molar-refractivity contribution is -0.00564. The highest BCUT2D eigenvalue weighted by Gasteiger charge is 2.21. The lowest BCUT2D eigenvalue weighted by atomic mass is 9.85. The molecule has 2 unspecified atom stereocenters. The van der Waals surface area contributed by atoms with Crippen LogP contribution >= 0.6 is 0 Å². The first kappa shape index (κ1) is 12.7. The molecule has 0 bridgehead atoms. The summed E-state index contributed by atoms with van der Waals surface area (Å²) in [5.74, 6) is 2.58. The topological polar surface area (TPSA) is 48.4 Å². The first-order chi connectivity index (χ1) is 8.31. The Balaban J connectivity index is 1.77. The van der Waals surface area contributed by atoms with Gasteiger partial charge in [0.15, 0.2) is 0 Å². The lowest BCUT2D eigenvalue weighted by Gasteiger charge is -2.28. The second kappa shape index (κ2) is 6.22. The van der Waals surface area contributed by atoms with Gasteiger partial charge in [0.2, 0.25) is 0 Å². The van der Waals surface area contributed by atoms with Gasteiger partial charge in [-0.3, -0.25) is 0 Å². The Morgan fingerprint density at radius 1 is 1.35 bits per heavy atom. The van der Waals surface area contributed by atoms with Gasteiger partial charge in [-0.1, -0.05) is 26.2 Å². The molecule has 3 nitrogen and oxygen atoms in total. The molecule has 0 spiro atoms. The van der Waals surface area contributed by atoms with Crippen molar-refractivity contribution in [1.82, 2.24) is 0 Å². The van der Waals surface area contributed by atoms with E-state index in [4.69, 9.17) is 14.9 Å². The van der Waals surface area contributed by atoms with Gasteiger partial charge < -0.3 is 14.9 Å². The van der Waals surface area contributed by atoms with Crippen LogP contribution in [-0.2, 0) is 17.9 Å². The highest BCUT2D eigenvalue weighted by Crippen LogP contribution is 2.29. The molecule has 2 rings (SSSR count). The third kappa shape index (κ3) is 3.58. The minimum absolute atomic E-state index is 0.417. The van der Waals surface area contributed by atoms with Crippen LogP contribution in [-0.4, -0.2) is 6.10 Å². The van der Waals surface area contributed by atoms with Crippen molar-refractivity contribution in [2.75, 3.05) is 0 Å². The Bertz CT molecular complexity index is 335. The maximum Gasteiger partial charge on any atom is 0.129 e. The number of hydrogen-bond acceptors (Lipinski definition) is 3. The summed E-state index contributed by atoms with van der Waals surface area (Å²) in [6.45, 7) is 3.32. The van der Waals surface area contributed by atoms with Crippen LogP contribution in [0.25, 0.3) is 0 Å². The summed E-state index contributed by atoms with van der Waals surface area (Å²) in [6.07, 6.45) is 6.77. The van der Waals surface area contributed by atoms with Gasteiger partial charge >= 0.3 is 0 Å². The first-order valence-corrected chi connectivity index (χ1v) is 6.71. The smallest absolute Gasteiger partial charge is 0.129 e. The van der Waals surface area contributed by atoms with Crippen LogP contribution in [0.5, 0.6) is 0 Å². The maximum atomic E-state index is 5.92. The predicted octanol–water partition coefficient (Wildman–Crippen LogP) is 3.22. The van der Waals surface area contributed by atoms with Gasteiger partial charge in [0, 0.05) is 0 Å². The second-order valence-corrected chi connectivity index (χ2v) is 4.95. The van der Waals surface area contributed by atoms with Gasteiger partial charge in [0.25, 0.3) is 0 Å². The van der Waals surface area contributed by atoms with E-state index in [1.807, 2.05) is 12.1 Å². The molecule has 2 atom stereocenters. The van der Waals surface area contributed by atoms with E-state index >= 15 is 0 Å². The Kier molecular flexibility index (Phi) is 4.63. The van der Waals surface area contributed by atoms with Crippen molar-refractivity contribution < 1.29 is 9.15 Å². The van der Waals surface area contributed by atoms with Crippen LogP contribution in [0.1, 0.15) is 50.5 Å². The van der Waals surface area contributed by atoms with Crippen LogP contribution in [0, 0.1) is 5.92 Å². The predicted molar refractivity (Wildman–Crippen MR) is 67.4 cm³/mol. The lowest BCUT2D eigenvalue weighted by Crippen LogP contribution is -2.22. The number of furan rings is 1. The van der Waals surface area contributed by atoms with E-state index in [-0.39, 0.29) is 0 Å². The fraction of sp³-hybridized carbons (Fsp3) is 0.714. The molecular weight excluding hydrogens is 214 g/mol. The van der Waals surface area contributed by atoms with Crippen LogP contribution in [0.4, 0.5) is 0 Å². The summed E-state index contributed by atoms with van der Waals surface area (Å²) in [7, 11) is 0. The third-order valence-corrected chi connectivity index (χ3v) is 3.69. The van der Waals surface area contributed by atoms with Crippen molar-refractivity contribution in [3.05, 3.63) is 23.7 Å². The molecule has 96 valence electrons.